The first kappa shape index (κ1) is 11.6. The van der Waals surface area contributed by atoms with Crippen molar-refractivity contribution in [3.8, 4) is 0 Å². The Hall–Kier alpha value is -1.50. The summed E-state index contributed by atoms with van der Waals surface area (Å²) in [6.45, 7) is 0. The van der Waals surface area contributed by atoms with E-state index in [-0.39, 0.29) is 6.04 Å². The molecule has 1 aliphatic rings. The van der Waals surface area contributed by atoms with Crippen molar-refractivity contribution in [1.29, 1.82) is 0 Å². The molecule has 7 heteroatoms. The normalized spacial score (nSPS) is 16.6. The smallest absolute Gasteiger partial charge is 0.334 e. The zero-order valence-electron chi connectivity index (χ0n) is 8.51. The highest BCUT2D eigenvalue weighted by Crippen LogP contribution is 2.16. The van der Waals surface area contributed by atoms with E-state index in [2.05, 4.69) is 16.2 Å². The fourth-order valence-electron chi connectivity index (χ4n) is 1.62. The van der Waals surface area contributed by atoms with Crippen LogP contribution in [0.4, 0.5) is 9.59 Å². The van der Waals surface area contributed by atoms with Gasteiger partial charge in [0.25, 0.3) is 0 Å². The van der Waals surface area contributed by atoms with E-state index in [0.717, 1.165) is 25.7 Å². The van der Waals surface area contributed by atoms with Crippen LogP contribution in [0, 0.1) is 0 Å². The number of hydrogen-bond donors (Lipinski definition) is 5. The summed E-state index contributed by atoms with van der Waals surface area (Å²) in [5, 5.41) is 2.76. The average Bonchev–Trinajstić information content (AvgIpc) is 2.27. The van der Waals surface area contributed by atoms with E-state index >= 15 is 0 Å². The fourth-order valence-corrected chi connectivity index (χ4v) is 1.62. The van der Waals surface area contributed by atoms with Gasteiger partial charge in [0.05, 0.1) is 0 Å². The number of urea groups is 2. The van der Waals surface area contributed by atoms with Crippen LogP contribution < -0.4 is 27.4 Å². The monoisotopic (exact) mass is 215 g/mol. The summed E-state index contributed by atoms with van der Waals surface area (Å²) in [5.41, 5.74) is 6.10. The van der Waals surface area contributed by atoms with Gasteiger partial charge in [-0.05, 0) is 12.8 Å². The summed E-state index contributed by atoms with van der Waals surface area (Å²) in [6, 6.07) is -0.860. The molecule has 0 atom stereocenters. The number of carbonyl (C=O) groups excluding carboxylic acids is 2. The van der Waals surface area contributed by atoms with Crippen molar-refractivity contribution in [1.82, 2.24) is 21.6 Å². The molecular formula is C8H17N5O2. The second-order valence-corrected chi connectivity index (χ2v) is 3.53. The molecule has 0 aromatic rings. The lowest BCUT2D eigenvalue weighted by molar-refractivity contribution is 0.219. The minimum absolute atomic E-state index is 0.210. The van der Waals surface area contributed by atoms with Crippen LogP contribution >= 0.6 is 0 Å². The van der Waals surface area contributed by atoms with Gasteiger partial charge >= 0.3 is 12.1 Å². The molecule has 4 amide bonds. The summed E-state index contributed by atoms with van der Waals surface area (Å²) < 4.78 is 0. The highest BCUT2D eigenvalue weighted by atomic mass is 16.2. The first-order valence-electron chi connectivity index (χ1n) is 5.05. The van der Waals surface area contributed by atoms with Gasteiger partial charge in [-0.3, -0.25) is 5.43 Å². The van der Waals surface area contributed by atoms with E-state index in [4.69, 9.17) is 5.84 Å². The molecule has 15 heavy (non-hydrogen) atoms. The molecule has 86 valence electrons. The summed E-state index contributed by atoms with van der Waals surface area (Å²) in [6.07, 6.45) is 5.50. The Kier molecular flexibility index (Phi) is 4.69. The minimum atomic E-state index is -0.659. The maximum Gasteiger partial charge on any atom is 0.347 e. The fraction of sp³-hybridized carbons (Fsp3) is 0.750. The number of carbonyl (C=O) groups is 2. The maximum atomic E-state index is 11.2. The van der Waals surface area contributed by atoms with Crippen molar-refractivity contribution in [3.05, 3.63) is 0 Å². The molecule has 0 bridgehead atoms. The Morgan fingerprint density at radius 1 is 1.00 bits per heavy atom. The van der Waals surface area contributed by atoms with Gasteiger partial charge in [-0.2, -0.15) is 0 Å². The van der Waals surface area contributed by atoms with Crippen LogP contribution in [-0.2, 0) is 0 Å². The van der Waals surface area contributed by atoms with E-state index in [1.54, 1.807) is 0 Å². The molecule has 0 saturated heterocycles. The van der Waals surface area contributed by atoms with E-state index < -0.39 is 12.1 Å². The molecule has 1 aliphatic carbocycles. The van der Waals surface area contributed by atoms with Gasteiger partial charge in [-0.15, -0.1) is 0 Å². The molecule has 0 aromatic carbocycles. The first-order valence-corrected chi connectivity index (χ1v) is 5.05. The Balaban J connectivity index is 2.14. The van der Waals surface area contributed by atoms with Crippen molar-refractivity contribution in [2.75, 3.05) is 0 Å². The SMILES string of the molecule is NNC(=O)NNC(=O)NC1CCCCC1. The Morgan fingerprint density at radius 3 is 2.20 bits per heavy atom. The number of hydrazine groups is 2. The van der Waals surface area contributed by atoms with Gasteiger partial charge < -0.3 is 5.32 Å². The van der Waals surface area contributed by atoms with E-state index in [1.165, 1.54) is 6.42 Å². The Morgan fingerprint density at radius 2 is 1.60 bits per heavy atom. The molecule has 1 rings (SSSR count). The van der Waals surface area contributed by atoms with Gasteiger partial charge in [0.2, 0.25) is 0 Å². The van der Waals surface area contributed by atoms with Gasteiger partial charge in [0, 0.05) is 6.04 Å². The van der Waals surface area contributed by atoms with Crippen molar-refractivity contribution in [3.63, 3.8) is 0 Å². The third-order valence-electron chi connectivity index (χ3n) is 2.36. The third-order valence-corrected chi connectivity index (χ3v) is 2.36. The molecule has 6 N–H and O–H groups in total. The Bertz CT molecular complexity index is 227. The lowest BCUT2D eigenvalue weighted by Gasteiger charge is -2.22. The highest BCUT2D eigenvalue weighted by molar-refractivity contribution is 5.79. The summed E-state index contributed by atoms with van der Waals surface area (Å²) >= 11 is 0. The van der Waals surface area contributed by atoms with Crippen LogP contribution in [0.15, 0.2) is 0 Å². The maximum absolute atomic E-state index is 11.2. The van der Waals surface area contributed by atoms with Crippen LogP contribution in [0.2, 0.25) is 0 Å². The van der Waals surface area contributed by atoms with Gasteiger partial charge in [-0.25, -0.2) is 26.3 Å². The zero-order chi connectivity index (χ0) is 11.1. The van der Waals surface area contributed by atoms with E-state index in [9.17, 15) is 9.59 Å². The van der Waals surface area contributed by atoms with Crippen molar-refractivity contribution in [2.45, 2.75) is 38.1 Å². The third kappa shape index (κ3) is 4.50. The lowest BCUT2D eigenvalue weighted by atomic mass is 9.96. The van der Waals surface area contributed by atoms with Crippen LogP contribution in [0.25, 0.3) is 0 Å². The number of nitrogens with one attached hydrogen (secondary N) is 4. The average molecular weight is 215 g/mol. The minimum Gasteiger partial charge on any atom is -0.334 e. The summed E-state index contributed by atoms with van der Waals surface area (Å²) in [5.74, 6) is 4.81. The quantitative estimate of drug-likeness (QED) is 0.235. The second-order valence-electron chi connectivity index (χ2n) is 3.53. The first-order chi connectivity index (χ1) is 7.22. The van der Waals surface area contributed by atoms with Gasteiger partial charge in [0.1, 0.15) is 0 Å². The van der Waals surface area contributed by atoms with Crippen molar-refractivity contribution in [2.24, 2.45) is 5.84 Å². The van der Waals surface area contributed by atoms with Crippen LogP contribution in [0.1, 0.15) is 32.1 Å². The van der Waals surface area contributed by atoms with Crippen molar-refractivity contribution < 1.29 is 9.59 Å². The van der Waals surface area contributed by atoms with Crippen LogP contribution in [0.5, 0.6) is 0 Å². The molecule has 0 spiro atoms. The summed E-state index contributed by atoms with van der Waals surface area (Å²) in [7, 11) is 0. The molecular weight excluding hydrogens is 198 g/mol. The van der Waals surface area contributed by atoms with Gasteiger partial charge in [-0.1, -0.05) is 19.3 Å². The number of rotatable bonds is 1. The molecule has 0 aliphatic heterocycles. The number of hydrogen-bond acceptors (Lipinski definition) is 3. The van der Waals surface area contributed by atoms with Gasteiger partial charge in [0.15, 0.2) is 0 Å². The van der Waals surface area contributed by atoms with E-state index in [1.807, 2.05) is 5.43 Å². The lowest BCUT2D eigenvalue weighted by Crippen LogP contribution is -2.53. The molecule has 1 saturated carbocycles. The molecule has 0 heterocycles. The number of nitrogens with two attached hydrogens (primary N) is 1. The van der Waals surface area contributed by atoms with Crippen molar-refractivity contribution >= 4 is 12.1 Å². The second kappa shape index (κ2) is 6.07. The molecule has 1 fully saturated rings. The molecule has 0 aromatic heterocycles. The Labute approximate surface area is 88.1 Å². The summed E-state index contributed by atoms with van der Waals surface area (Å²) in [4.78, 5) is 21.8. The topological polar surface area (TPSA) is 108 Å². The largest absolute Gasteiger partial charge is 0.347 e. The number of amides is 4. The molecule has 7 nitrogen and oxygen atoms in total. The van der Waals surface area contributed by atoms with Crippen LogP contribution in [-0.4, -0.2) is 18.1 Å². The molecule has 0 unspecified atom stereocenters. The predicted molar refractivity (Wildman–Crippen MR) is 54.4 cm³/mol. The molecule has 0 radical (unpaired) electrons. The highest BCUT2D eigenvalue weighted by Gasteiger charge is 2.15. The predicted octanol–water partition coefficient (Wildman–Crippen LogP) is -0.294. The standard InChI is InChI=1S/C8H17N5O2/c9-11-8(15)13-12-7(14)10-6-4-2-1-3-5-6/h6H,1-5,9H2,(H2,10,12,14)(H2,11,13,15). The van der Waals surface area contributed by atoms with E-state index in [0.29, 0.717) is 0 Å². The zero-order valence-corrected chi connectivity index (χ0v) is 8.51. The van der Waals surface area contributed by atoms with Crippen LogP contribution in [0.3, 0.4) is 0 Å².